The molecule has 0 aliphatic carbocycles. The Hall–Kier alpha value is -3.15. The van der Waals surface area contributed by atoms with Gasteiger partial charge in [-0.15, -0.1) is 33.3 Å². The number of carbonyl (C=O) groups excluding carboxylic acids is 1. The van der Waals surface area contributed by atoms with Crippen LogP contribution in [-0.2, 0) is 29.0 Å². The largest absolute Gasteiger partial charge is 0.493 e. The highest BCUT2D eigenvalue weighted by molar-refractivity contribution is 8.00. The van der Waals surface area contributed by atoms with Crippen LogP contribution < -0.4 is 9.47 Å². The fraction of sp³-hybridized carbons (Fsp3) is 0.333. The maximum absolute atomic E-state index is 14.2. The van der Waals surface area contributed by atoms with E-state index >= 15 is 0 Å². The quantitative estimate of drug-likeness (QED) is 0.217. The van der Waals surface area contributed by atoms with Crippen LogP contribution in [0.15, 0.2) is 42.6 Å². The minimum Gasteiger partial charge on any atom is -0.493 e. The normalized spacial score (nSPS) is 16.2. The van der Waals surface area contributed by atoms with Crippen molar-refractivity contribution in [2.24, 2.45) is 0 Å². The average Bonchev–Trinajstić information content (AvgIpc) is 3.57. The summed E-state index contributed by atoms with van der Waals surface area (Å²) in [6.07, 6.45) is 3.16. The molecule has 0 saturated heterocycles. The number of carbonyl (C=O) groups is 1. The van der Waals surface area contributed by atoms with E-state index in [2.05, 4.69) is 15.2 Å². The van der Waals surface area contributed by atoms with Gasteiger partial charge in [0.25, 0.3) is 0 Å². The first-order valence-corrected chi connectivity index (χ1v) is 14.3. The number of rotatable bonds is 9. The predicted molar refractivity (Wildman–Crippen MR) is 149 cm³/mol. The van der Waals surface area contributed by atoms with Gasteiger partial charge in [-0.3, -0.25) is 9.36 Å². The molecular weight excluding hydrogens is 563 g/mol. The van der Waals surface area contributed by atoms with Crippen LogP contribution in [0.2, 0.25) is 5.02 Å². The van der Waals surface area contributed by atoms with Gasteiger partial charge in [0.2, 0.25) is 0 Å². The van der Waals surface area contributed by atoms with E-state index in [1.165, 1.54) is 7.11 Å². The van der Waals surface area contributed by atoms with Gasteiger partial charge in [-0.25, -0.2) is 9.37 Å². The number of thiazole rings is 1. The van der Waals surface area contributed by atoms with E-state index < -0.39 is 6.67 Å². The Morgan fingerprint density at radius 2 is 1.97 bits per heavy atom. The molecule has 5 rings (SSSR count). The van der Waals surface area contributed by atoms with Crippen molar-refractivity contribution in [3.05, 3.63) is 80.3 Å². The topological polar surface area (TPSA) is 88.4 Å². The van der Waals surface area contributed by atoms with E-state index in [1.54, 1.807) is 54.1 Å². The number of hydrogen-bond donors (Lipinski definition) is 0. The first-order valence-electron chi connectivity index (χ1n) is 12.1. The minimum absolute atomic E-state index is 0.218. The molecule has 0 amide bonds. The number of esters is 1. The predicted octanol–water partition coefficient (Wildman–Crippen LogP) is 6.09. The molecule has 12 heteroatoms. The van der Waals surface area contributed by atoms with Crippen molar-refractivity contribution in [3.8, 4) is 17.2 Å². The highest BCUT2D eigenvalue weighted by Crippen LogP contribution is 2.53. The first kappa shape index (κ1) is 27.4. The number of thioether (sulfide) groups is 1. The number of fused-ring (bicyclic) bond motifs is 3. The third-order valence-electron chi connectivity index (χ3n) is 6.46. The summed E-state index contributed by atoms with van der Waals surface area (Å²) in [5.74, 6) is 1.81. The molecule has 204 valence electrons. The monoisotopic (exact) mass is 588 g/mol. The standard InChI is InChI=1S/C27H26ClFN4O4S2/c1-35-20-6-4-5-17(25(20)37-3)26-18-11-15(28)7-9-19(18)33-22(13-29)31-32-27(33)21(39-26)12-23-30-14-16(38-23)8-10-24(34)36-2/h4-7,9,11,14,21,26H,8,10,12-13H2,1-3H3. The van der Waals surface area contributed by atoms with E-state index in [9.17, 15) is 9.18 Å². The Bertz CT molecular complexity index is 1490. The van der Waals surface area contributed by atoms with Crippen LogP contribution >= 0.6 is 34.7 Å². The van der Waals surface area contributed by atoms with E-state index in [1.807, 2.05) is 30.3 Å². The van der Waals surface area contributed by atoms with Gasteiger partial charge in [0.05, 0.1) is 48.9 Å². The lowest BCUT2D eigenvalue weighted by atomic mass is 10.0. The maximum atomic E-state index is 14.2. The van der Waals surface area contributed by atoms with Gasteiger partial charge < -0.3 is 14.2 Å². The zero-order chi connectivity index (χ0) is 27.5. The van der Waals surface area contributed by atoms with Crippen LogP contribution in [0.5, 0.6) is 11.5 Å². The molecule has 2 atom stereocenters. The molecule has 39 heavy (non-hydrogen) atoms. The highest BCUT2D eigenvalue weighted by atomic mass is 35.5. The van der Waals surface area contributed by atoms with Crippen LogP contribution in [0.4, 0.5) is 4.39 Å². The number of nitrogens with zero attached hydrogens (tertiary/aromatic N) is 4. The lowest BCUT2D eigenvalue weighted by Crippen LogP contribution is -2.08. The summed E-state index contributed by atoms with van der Waals surface area (Å²) in [4.78, 5) is 17.2. The van der Waals surface area contributed by atoms with E-state index in [4.69, 9.17) is 25.8 Å². The molecule has 0 bridgehead atoms. The van der Waals surface area contributed by atoms with Gasteiger partial charge in [-0.2, -0.15) is 0 Å². The number of methoxy groups -OCH3 is 3. The highest BCUT2D eigenvalue weighted by Gasteiger charge is 2.36. The van der Waals surface area contributed by atoms with Gasteiger partial charge in [0.1, 0.15) is 6.67 Å². The number of hydrogen-bond acceptors (Lipinski definition) is 9. The number of benzene rings is 2. The van der Waals surface area contributed by atoms with Crippen molar-refractivity contribution in [2.45, 2.75) is 36.4 Å². The Balaban J connectivity index is 1.61. The van der Waals surface area contributed by atoms with Gasteiger partial charge >= 0.3 is 5.97 Å². The number of alkyl halides is 1. The van der Waals surface area contributed by atoms with Crippen molar-refractivity contribution in [3.63, 3.8) is 0 Å². The van der Waals surface area contributed by atoms with Crippen molar-refractivity contribution in [1.82, 2.24) is 19.7 Å². The lowest BCUT2D eigenvalue weighted by molar-refractivity contribution is -0.140. The molecule has 2 aromatic carbocycles. The number of para-hydroxylation sites is 1. The Kier molecular flexibility index (Phi) is 8.39. The number of aromatic nitrogens is 4. The number of ether oxygens (including phenoxy) is 3. The van der Waals surface area contributed by atoms with Gasteiger partial charge in [-0.1, -0.05) is 23.7 Å². The van der Waals surface area contributed by atoms with Gasteiger partial charge in [0, 0.05) is 28.1 Å². The maximum Gasteiger partial charge on any atom is 0.305 e. The molecule has 4 aromatic rings. The first-order chi connectivity index (χ1) is 19.0. The second kappa shape index (κ2) is 11.9. The van der Waals surface area contributed by atoms with Crippen LogP contribution in [-0.4, -0.2) is 47.0 Å². The summed E-state index contributed by atoms with van der Waals surface area (Å²) >= 11 is 9.69. The van der Waals surface area contributed by atoms with Crippen LogP contribution in [0.3, 0.4) is 0 Å². The van der Waals surface area contributed by atoms with Crippen molar-refractivity contribution < 1.29 is 23.4 Å². The molecule has 0 fully saturated rings. The summed E-state index contributed by atoms with van der Waals surface area (Å²) in [5, 5.41) is 9.58. The number of halogens is 2. The molecule has 3 heterocycles. The number of aryl methyl sites for hydroxylation is 1. The lowest BCUT2D eigenvalue weighted by Gasteiger charge is -2.23. The second-order valence-corrected chi connectivity index (χ2v) is 11.7. The van der Waals surface area contributed by atoms with Crippen LogP contribution in [0.1, 0.15) is 49.6 Å². The van der Waals surface area contributed by atoms with E-state index in [0.29, 0.717) is 35.2 Å². The van der Waals surface area contributed by atoms with Crippen molar-refractivity contribution in [2.75, 3.05) is 21.3 Å². The summed E-state index contributed by atoms with van der Waals surface area (Å²) in [5.41, 5.74) is 2.54. The molecule has 1 aliphatic heterocycles. The fourth-order valence-electron chi connectivity index (χ4n) is 4.67. The summed E-state index contributed by atoms with van der Waals surface area (Å²) in [7, 11) is 4.59. The van der Waals surface area contributed by atoms with Crippen LogP contribution in [0.25, 0.3) is 5.69 Å². The molecule has 1 aliphatic rings. The zero-order valence-corrected chi connectivity index (χ0v) is 23.9. The Morgan fingerprint density at radius 1 is 1.13 bits per heavy atom. The molecule has 0 radical (unpaired) electrons. The summed E-state index contributed by atoms with van der Waals surface area (Å²) in [6.45, 7) is -0.769. The molecule has 0 N–H and O–H groups in total. The molecule has 2 unspecified atom stereocenters. The summed E-state index contributed by atoms with van der Waals surface area (Å²) < 4.78 is 32.1. The summed E-state index contributed by atoms with van der Waals surface area (Å²) in [6, 6.07) is 11.3. The smallest absolute Gasteiger partial charge is 0.305 e. The Morgan fingerprint density at radius 3 is 2.72 bits per heavy atom. The third-order valence-corrected chi connectivity index (χ3v) is 9.26. The molecule has 0 spiro atoms. The zero-order valence-electron chi connectivity index (χ0n) is 21.5. The fourth-order valence-corrected chi connectivity index (χ4v) is 7.45. The van der Waals surface area contributed by atoms with E-state index in [0.717, 1.165) is 26.7 Å². The second-order valence-electron chi connectivity index (χ2n) is 8.73. The van der Waals surface area contributed by atoms with Gasteiger partial charge in [-0.05, 0) is 36.2 Å². The molecule has 0 saturated carbocycles. The Labute approximate surface area is 238 Å². The van der Waals surface area contributed by atoms with Crippen molar-refractivity contribution >= 4 is 40.7 Å². The van der Waals surface area contributed by atoms with Gasteiger partial charge in [0.15, 0.2) is 23.1 Å². The SMILES string of the molecule is COC(=O)CCc1cnc(CC2SC(c3cccc(OC)c3OC)c3cc(Cl)ccc3-n3c(CF)nnc32)s1. The molecule has 2 aromatic heterocycles. The van der Waals surface area contributed by atoms with E-state index in [-0.39, 0.29) is 28.7 Å². The van der Waals surface area contributed by atoms with Crippen LogP contribution in [0, 0.1) is 0 Å². The minimum atomic E-state index is -0.769. The average molecular weight is 589 g/mol. The third kappa shape index (κ3) is 5.48. The molecular formula is C27H26ClFN4O4S2. The van der Waals surface area contributed by atoms with Crippen molar-refractivity contribution in [1.29, 1.82) is 0 Å². The molecule has 8 nitrogen and oxygen atoms in total.